The Balaban J connectivity index is 0.000000221. The van der Waals surface area contributed by atoms with E-state index in [4.69, 9.17) is 5.11 Å². The van der Waals surface area contributed by atoms with Crippen molar-refractivity contribution in [1.82, 2.24) is 0 Å². The monoisotopic (exact) mass is 492 g/mol. The van der Waals surface area contributed by atoms with E-state index in [1.165, 1.54) is 13.2 Å². The summed E-state index contributed by atoms with van der Waals surface area (Å²) in [6, 6.07) is 10.2. The highest BCUT2D eigenvalue weighted by Gasteiger charge is 2.19. The maximum Gasteiger partial charge on any atom is 0.335 e. The van der Waals surface area contributed by atoms with Gasteiger partial charge in [0.25, 0.3) is 0 Å². The van der Waals surface area contributed by atoms with Crippen LogP contribution in [0.5, 0.6) is 0 Å². The lowest BCUT2D eigenvalue weighted by Gasteiger charge is -2.15. The fraction of sp³-hybridized carbons (Fsp3) is 0.414. The van der Waals surface area contributed by atoms with Gasteiger partial charge in [-0.05, 0) is 67.9 Å². The second-order valence-electron chi connectivity index (χ2n) is 9.16. The molecule has 0 aromatic heterocycles. The normalized spacial score (nSPS) is 14.1. The number of aryl methyl sites for hydroxylation is 2. The number of unbranched alkanes of at least 4 members (excludes halogenated alkanes) is 2. The number of carboxylic acids is 1. The number of carbonyl (C=O) groups excluding carboxylic acids is 4. The second-order valence-corrected chi connectivity index (χ2v) is 9.16. The molecule has 0 bridgehead atoms. The Bertz CT molecular complexity index is 1160. The number of hydrogen-bond acceptors (Lipinski definition) is 6. The lowest BCUT2D eigenvalue weighted by molar-refractivity contribution is -0.140. The number of carboxylic acid groups (broad SMARTS) is 1. The molecule has 190 valence electrons. The Morgan fingerprint density at radius 2 is 1.28 bits per heavy atom. The predicted octanol–water partition coefficient (Wildman–Crippen LogP) is 5.42. The molecule has 0 heterocycles. The number of ketones is 3. The number of esters is 1. The van der Waals surface area contributed by atoms with Crippen molar-refractivity contribution < 1.29 is 33.8 Å². The SMILES string of the molecule is COC(=O)CCCCCC(=O)c1ccc2c(c1)CCCC2=O.O=C(O)c1ccc2c(c1)CCCC2=O. The molecule has 0 unspecified atom stereocenters. The van der Waals surface area contributed by atoms with Crippen LogP contribution in [-0.2, 0) is 22.4 Å². The molecule has 0 atom stereocenters. The zero-order valence-corrected chi connectivity index (χ0v) is 20.6. The van der Waals surface area contributed by atoms with Gasteiger partial charge in [-0.1, -0.05) is 24.6 Å². The minimum atomic E-state index is -0.939. The molecule has 0 radical (unpaired) electrons. The standard InChI is InChI=1S/C18H22O4.C11H10O3/c1-22-18(21)9-4-2-3-7-16(19)14-10-11-15-13(12-14)6-5-8-17(15)20;12-10-3-1-2-7-6-8(11(13)14)4-5-9(7)10/h10-12H,2-9H2,1H3;4-6H,1-3H2,(H,13,14). The van der Waals surface area contributed by atoms with E-state index in [0.29, 0.717) is 36.8 Å². The first-order valence-corrected chi connectivity index (χ1v) is 12.5. The topological polar surface area (TPSA) is 115 Å². The van der Waals surface area contributed by atoms with Crippen LogP contribution in [0.15, 0.2) is 36.4 Å². The van der Waals surface area contributed by atoms with E-state index in [2.05, 4.69) is 4.74 Å². The van der Waals surface area contributed by atoms with Gasteiger partial charge in [-0.2, -0.15) is 0 Å². The average Bonchev–Trinajstić information content (AvgIpc) is 2.88. The number of fused-ring (bicyclic) bond motifs is 2. The van der Waals surface area contributed by atoms with Crippen LogP contribution in [0.1, 0.15) is 110 Å². The van der Waals surface area contributed by atoms with Crippen molar-refractivity contribution in [3.8, 4) is 0 Å². The first-order valence-electron chi connectivity index (χ1n) is 12.5. The van der Waals surface area contributed by atoms with Crippen LogP contribution in [0.2, 0.25) is 0 Å². The van der Waals surface area contributed by atoms with E-state index in [1.807, 2.05) is 6.07 Å². The molecule has 4 rings (SSSR count). The number of aromatic carboxylic acids is 1. The Labute approximate surface area is 210 Å². The van der Waals surface area contributed by atoms with Crippen molar-refractivity contribution in [2.75, 3.05) is 7.11 Å². The van der Waals surface area contributed by atoms with Crippen LogP contribution in [0.3, 0.4) is 0 Å². The Hall–Kier alpha value is -3.61. The zero-order chi connectivity index (χ0) is 26.1. The van der Waals surface area contributed by atoms with Gasteiger partial charge in [-0.3, -0.25) is 19.2 Å². The smallest absolute Gasteiger partial charge is 0.335 e. The summed E-state index contributed by atoms with van der Waals surface area (Å²) in [7, 11) is 1.38. The first-order chi connectivity index (χ1) is 17.3. The maximum atomic E-state index is 12.2. The third-order valence-electron chi connectivity index (χ3n) is 6.59. The van der Waals surface area contributed by atoms with Crippen LogP contribution < -0.4 is 0 Å². The summed E-state index contributed by atoms with van der Waals surface area (Å²) in [5, 5.41) is 8.77. The van der Waals surface area contributed by atoms with Gasteiger partial charge in [0, 0.05) is 42.4 Å². The summed E-state index contributed by atoms with van der Waals surface area (Å²) in [6.45, 7) is 0. The number of rotatable bonds is 8. The number of Topliss-reactive ketones (excluding diaryl/α,β-unsaturated/α-hetero) is 3. The zero-order valence-electron chi connectivity index (χ0n) is 20.6. The maximum absolute atomic E-state index is 12.2. The van der Waals surface area contributed by atoms with Crippen LogP contribution in [0.4, 0.5) is 0 Å². The van der Waals surface area contributed by atoms with E-state index >= 15 is 0 Å². The summed E-state index contributed by atoms with van der Waals surface area (Å²) >= 11 is 0. The molecule has 2 aliphatic rings. The Kier molecular flexibility index (Phi) is 9.68. The van der Waals surface area contributed by atoms with E-state index in [1.54, 1.807) is 24.3 Å². The fourth-order valence-corrected chi connectivity index (χ4v) is 4.58. The Morgan fingerprint density at radius 3 is 1.83 bits per heavy atom. The number of ether oxygens (including phenoxy) is 1. The van der Waals surface area contributed by atoms with E-state index in [0.717, 1.165) is 61.6 Å². The highest BCUT2D eigenvalue weighted by atomic mass is 16.5. The van der Waals surface area contributed by atoms with E-state index < -0.39 is 5.97 Å². The fourth-order valence-electron chi connectivity index (χ4n) is 4.58. The highest BCUT2D eigenvalue weighted by Crippen LogP contribution is 2.24. The molecule has 1 N–H and O–H groups in total. The summed E-state index contributed by atoms with van der Waals surface area (Å²) in [5.74, 6) is -0.721. The van der Waals surface area contributed by atoms with Crippen molar-refractivity contribution in [2.45, 2.75) is 70.6 Å². The van der Waals surface area contributed by atoms with Crippen LogP contribution in [0, 0.1) is 0 Å². The molecule has 2 aromatic carbocycles. The minimum absolute atomic E-state index is 0.110. The van der Waals surface area contributed by atoms with Crippen LogP contribution >= 0.6 is 0 Å². The number of carbonyl (C=O) groups is 5. The van der Waals surface area contributed by atoms with Gasteiger partial charge in [0.05, 0.1) is 12.7 Å². The molecule has 0 amide bonds. The lowest BCUT2D eigenvalue weighted by Crippen LogP contribution is -2.12. The largest absolute Gasteiger partial charge is 0.478 e. The van der Waals surface area contributed by atoms with Crippen molar-refractivity contribution in [1.29, 1.82) is 0 Å². The van der Waals surface area contributed by atoms with Gasteiger partial charge in [-0.25, -0.2) is 4.79 Å². The van der Waals surface area contributed by atoms with Crippen molar-refractivity contribution in [3.05, 3.63) is 69.8 Å². The van der Waals surface area contributed by atoms with Crippen molar-refractivity contribution >= 4 is 29.3 Å². The average molecular weight is 493 g/mol. The second kappa shape index (κ2) is 12.9. The van der Waals surface area contributed by atoms with Gasteiger partial charge in [-0.15, -0.1) is 0 Å². The minimum Gasteiger partial charge on any atom is -0.478 e. The molecular formula is C29H32O7. The highest BCUT2D eigenvalue weighted by molar-refractivity contribution is 6.01. The molecular weight excluding hydrogens is 460 g/mol. The quantitative estimate of drug-likeness (QED) is 0.297. The molecule has 2 aromatic rings. The Morgan fingerprint density at radius 1 is 0.750 bits per heavy atom. The van der Waals surface area contributed by atoms with Gasteiger partial charge < -0.3 is 9.84 Å². The summed E-state index contributed by atoms with van der Waals surface area (Å²) in [4.78, 5) is 57.0. The molecule has 0 fully saturated rings. The molecule has 0 aliphatic heterocycles. The number of benzene rings is 2. The third-order valence-corrected chi connectivity index (χ3v) is 6.59. The van der Waals surface area contributed by atoms with Gasteiger partial charge in [0.1, 0.15) is 0 Å². The van der Waals surface area contributed by atoms with Crippen LogP contribution in [-0.4, -0.2) is 41.5 Å². The first kappa shape index (κ1) is 27.0. The molecule has 7 nitrogen and oxygen atoms in total. The molecule has 0 spiro atoms. The van der Waals surface area contributed by atoms with Gasteiger partial charge in [0.15, 0.2) is 17.3 Å². The summed E-state index contributed by atoms with van der Waals surface area (Å²) in [6.07, 6.45) is 7.82. The molecule has 0 saturated heterocycles. The molecule has 36 heavy (non-hydrogen) atoms. The number of methoxy groups -OCH3 is 1. The summed E-state index contributed by atoms with van der Waals surface area (Å²) in [5.41, 5.74) is 4.32. The van der Waals surface area contributed by atoms with Gasteiger partial charge >= 0.3 is 11.9 Å². The summed E-state index contributed by atoms with van der Waals surface area (Å²) < 4.78 is 4.58. The number of hydrogen-bond donors (Lipinski definition) is 1. The third kappa shape index (κ3) is 7.20. The molecule has 2 aliphatic carbocycles. The molecule has 7 heteroatoms. The van der Waals surface area contributed by atoms with Crippen LogP contribution in [0.25, 0.3) is 0 Å². The lowest BCUT2D eigenvalue weighted by atomic mass is 9.88. The molecule has 0 saturated carbocycles. The predicted molar refractivity (Wildman–Crippen MR) is 134 cm³/mol. The van der Waals surface area contributed by atoms with Crippen molar-refractivity contribution in [3.63, 3.8) is 0 Å². The van der Waals surface area contributed by atoms with E-state index in [-0.39, 0.29) is 28.9 Å². The van der Waals surface area contributed by atoms with Crippen molar-refractivity contribution in [2.24, 2.45) is 0 Å². The van der Waals surface area contributed by atoms with E-state index in [9.17, 15) is 24.0 Å². The van der Waals surface area contributed by atoms with Gasteiger partial charge in [0.2, 0.25) is 0 Å².